The van der Waals surface area contributed by atoms with E-state index in [1.807, 2.05) is 6.07 Å². The van der Waals surface area contributed by atoms with Crippen LogP contribution in [0.2, 0.25) is 0 Å². The van der Waals surface area contributed by atoms with Crippen molar-refractivity contribution in [1.82, 2.24) is 0 Å². The quantitative estimate of drug-likeness (QED) is 0.564. The van der Waals surface area contributed by atoms with Crippen molar-refractivity contribution >= 4 is 14.5 Å². The molecule has 1 fully saturated rings. The molecule has 0 amide bonds. The van der Waals surface area contributed by atoms with Crippen molar-refractivity contribution in [2.24, 2.45) is 0 Å². The zero-order valence-corrected chi connectivity index (χ0v) is 7.33. The predicted molar refractivity (Wildman–Crippen MR) is 47.7 cm³/mol. The second-order valence-electron chi connectivity index (χ2n) is 3.02. The van der Waals surface area contributed by atoms with Crippen molar-refractivity contribution in [3.8, 4) is 0 Å². The Hall–Kier alpha value is -0.420. The Morgan fingerprint density at radius 3 is 2.73 bits per heavy atom. The SMILES string of the molecule is Fc1cccc(C2CC2)c1P. The van der Waals surface area contributed by atoms with E-state index in [-0.39, 0.29) is 5.82 Å². The minimum Gasteiger partial charge on any atom is -0.206 e. The summed E-state index contributed by atoms with van der Waals surface area (Å²) in [5, 5.41) is 0.759. The van der Waals surface area contributed by atoms with E-state index in [9.17, 15) is 4.39 Å². The van der Waals surface area contributed by atoms with Crippen molar-refractivity contribution in [2.45, 2.75) is 18.8 Å². The standard InChI is InChI=1S/C9H10FP/c10-8-3-1-2-7(9(8)11)6-4-5-6/h1-3,6H,4-5,11H2. The molecule has 0 bridgehead atoms. The maximum absolute atomic E-state index is 12.9. The highest BCUT2D eigenvalue weighted by molar-refractivity contribution is 7.27. The van der Waals surface area contributed by atoms with Crippen LogP contribution >= 0.6 is 9.24 Å². The summed E-state index contributed by atoms with van der Waals surface area (Å²) in [6.07, 6.45) is 2.45. The molecular formula is C9H10FP. The predicted octanol–water partition coefficient (Wildman–Crippen LogP) is 2.20. The molecule has 2 rings (SSSR count). The first-order valence-electron chi connectivity index (χ1n) is 3.83. The van der Waals surface area contributed by atoms with E-state index in [0.717, 1.165) is 5.30 Å². The molecule has 11 heavy (non-hydrogen) atoms. The van der Waals surface area contributed by atoms with Crippen molar-refractivity contribution in [3.05, 3.63) is 29.6 Å². The van der Waals surface area contributed by atoms with Crippen LogP contribution in [-0.2, 0) is 0 Å². The molecule has 1 aromatic carbocycles. The lowest BCUT2D eigenvalue weighted by molar-refractivity contribution is 0.635. The van der Waals surface area contributed by atoms with Crippen molar-refractivity contribution in [2.75, 3.05) is 0 Å². The third-order valence-corrected chi connectivity index (χ3v) is 2.71. The van der Waals surface area contributed by atoms with E-state index in [0.29, 0.717) is 5.92 Å². The van der Waals surface area contributed by atoms with Gasteiger partial charge in [0, 0.05) is 5.30 Å². The lowest BCUT2D eigenvalue weighted by Crippen LogP contribution is -2.04. The molecule has 0 aromatic heterocycles. The molecular weight excluding hydrogens is 158 g/mol. The molecule has 0 aliphatic heterocycles. The fraction of sp³-hybridized carbons (Fsp3) is 0.333. The molecule has 58 valence electrons. The van der Waals surface area contributed by atoms with Crippen LogP contribution in [0.4, 0.5) is 4.39 Å². The summed E-state index contributed by atoms with van der Waals surface area (Å²) in [6.45, 7) is 0. The Bertz CT molecular complexity index is 279. The minimum absolute atomic E-state index is 0.0978. The summed E-state index contributed by atoms with van der Waals surface area (Å²) < 4.78 is 12.9. The van der Waals surface area contributed by atoms with Gasteiger partial charge in [-0.05, 0) is 30.4 Å². The number of hydrogen-bond donors (Lipinski definition) is 0. The van der Waals surface area contributed by atoms with Crippen LogP contribution in [0.15, 0.2) is 18.2 Å². The van der Waals surface area contributed by atoms with Gasteiger partial charge < -0.3 is 0 Å². The first-order chi connectivity index (χ1) is 5.29. The molecule has 1 aliphatic rings. The molecule has 0 N–H and O–H groups in total. The molecule has 1 saturated carbocycles. The van der Waals surface area contributed by atoms with Crippen molar-refractivity contribution < 1.29 is 4.39 Å². The highest BCUT2D eigenvalue weighted by atomic mass is 31.0. The van der Waals surface area contributed by atoms with Gasteiger partial charge in [-0.3, -0.25) is 0 Å². The summed E-state index contributed by atoms with van der Waals surface area (Å²) >= 11 is 0. The van der Waals surface area contributed by atoms with Gasteiger partial charge in [-0.2, -0.15) is 0 Å². The highest BCUT2D eigenvalue weighted by Crippen LogP contribution is 2.39. The average Bonchev–Trinajstić information content (AvgIpc) is 2.77. The Kier molecular flexibility index (Phi) is 1.69. The molecule has 0 spiro atoms. The lowest BCUT2D eigenvalue weighted by atomic mass is 10.1. The third kappa shape index (κ3) is 1.30. The number of hydrogen-bond acceptors (Lipinski definition) is 0. The van der Waals surface area contributed by atoms with Crippen LogP contribution in [0.25, 0.3) is 0 Å². The third-order valence-electron chi connectivity index (χ3n) is 2.10. The van der Waals surface area contributed by atoms with Gasteiger partial charge in [0.05, 0.1) is 0 Å². The van der Waals surface area contributed by atoms with Crippen LogP contribution in [-0.4, -0.2) is 0 Å². The summed E-state index contributed by atoms with van der Waals surface area (Å²) in [5.74, 6) is 0.539. The van der Waals surface area contributed by atoms with Gasteiger partial charge in [-0.1, -0.05) is 12.1 Å². The van der Waals surface area contributed by atoms with Crippen molar-refractivity contribution in [3.63, 3.8) is 0 Å². The Balaban J connectivity index is 2.45. The number of benzene rings is 1. The normalized spacial score (nSPS) is 16.9. The molecule has 2 heteroatoms. The summed E-state index contributed by atoms with van der Waals surface area (Å²) in [6, 6.07) is 5.31. The molecule has 1 atom stereocenters. The van der Waals surface area contributed by atoms with E-state index in [2.05, 4.69) is 9.24 Å². The molecule has 1 aromatic rings. The largest absolute Gasteiger partial charge is 0.206 e. The van der Waals surface area contributed by atoms with E-state index in [1.54, 1.807) is 6.07 Å². The molecule has 1 unspecified atom stereocenters. The number of halogens is 1. The van der Waals surface area contributed by atoms with Gasteiger partial charge >= 0.3 is 0 Å². The smallest absolute Gasteiger partial charge is 0.130 e. The Morgan fingerprint density at radius 1 is 1.36 bits per heavy atom. The first kappa shape index (κ1) is 7.24. The van der Waals surface area contributed by atoms with Crippen LogP contribution in [0.3, 0.4) is 0 Å². The molecule has 1 aliphatic carbocycles. The van der Waals surface area contributed by atoms with Gasteiger partial charge in [-0.15, -0.1) is 9.24 Å². The Morgan fingerprint density at radius 2 is 2.09 bits per heavy atom. The second kappa shape index (κ2) is 2.57. The first-order valence-corrected chi connectivity index (χ1v) is 4.40. The molecule has 0 nitrogen and oxygen atoms in total. The Labute approximate surface area is 68.0 Å². The van der Waals surface area contributed by atoms with Gasteiger partial charge in [0.25, 0.3) is 0 Å². The lowest BCUT2D eigenvalue weighted by Gasteiger charge is -2.02. The topological polar surface area (TPSA) is 0 Å². The van der Waals surface area contributed by atoms with Crippen LogP contribution in [0.5, 0.6) is 0 Å². The summed E-state index contributed by atoms with van der Waals surface area (Å²) in [4.78, 5) is 0. The van der Waals surface area contributed by atoms with E-state index >= 15 is 0 Å². The maximum atomic E-state index is 12.9. The zero-order chi connectivity index (χ0) is 7.84. The molecule has 0 saturated heterocycles. The fourth-order valence-electron chi connectivity index (χ4n) is 1.30. The average molecular weight is 168 g/mol. The monoisotopic (exact) mass is 168 g/mol. The number of rotatable bonds is 1. The van der Waals surface area contributed by atoms with Crippen LogP contribution < -0.4 is 5.30 Å². The van der Waals surface area contributed by atoms with Crippen molar-refractivity contribution in [1.29, 1.82) is 0 Å². The zero-order valence-electron chi connectivity index (χ0n) is 6.18. The fourth-order valence-corrected chi connectivity index (χ4v) is 1.73. The molecule has 0 radical (unpaired) electrons. The van der Waals surface area contributed by atoms with Crippen LogP contribution in [0.1, 0.15) is 24.3 Å². The van der Waals surface area contributed by atoms with Crippen LogP contribution in [0, 0.1) is 5.82 Å². The maximum Gasteiger partial charge on any atom is 0.130 e. The highest BCUT2D eigenvalue weighted by Gasteiger charge is 2.25. The van der Waals surface area contributed by atoms with E-state index < -0.39 is 0 Å². The summed E-state index contributed by atoms with van der Waals surface area (Å²) in [7, 11) is 2.48. The van der Waals surface area contributed by atoms with Gasteiger partial charge in [0.15, 0.2) is 0 Å². The van der Waals surface area contributed by atoms with Gasteiger partial charge in [0.2, 0.25) is 0 Å². The van der Waals surface area contributed by atoms with E-state index in [1.165, 1.54) is 24.5 Å². The second-order valence-corrected chi connectivity index (χ2v) is 3.59. The minimum atomic E-state index is -0.0978. The summed E-state index contributed by atoms with van der Waals surface area (Å²) in [5.41, 5.74) is 1.18. The van der Waals surface area contributed by atoms with E-state index in [4.69, 9.17) is 0 Å². The van der Waals surface area contributed by atoms with Gasteiger partial charge in [-0.25, -0.2) is 4.39 Å². The molecule has 0 heterocycles. The van der Waals surface area contributed by atoms with Gasteiger partial charge in [0.1, 0.15) is 5.82 Å².